The molecule has 0 atom stereocenters. The van der Waals surface area contributed by atoms with Gasteiger partial charge in [-0.1, -0.05) is 20.8 Å². The molecule has 0 aliphatic heterocycles. The van der Waals surface area contributed by atoms with Gasteiger partial charge in [-0.15, -0.1) is 0 Å². The van der Waals surface area contributed by atoms with Gasteiger partial charge in [0.15, 0.2) is 6.61 Å². The first-order valence-electron chi connectivity index (χ1n) is 6.69. The lowest BCUT2D eigenvalue weighted by molar-refractivity contribution is -0.164. The maximum Gasteiger partial charge on any atom is 0.406 e. The lowest BCUT2D eigenvalue weighted by Crippen LogP contribution is -2.45. The predicted molar refractivity (Wildman–Crippen MR) is 74.0 cm³/mol. The molecular weight excluding hydrogens is 302 g/mol. The van der Waals surface area contributed by atoms with E-state index in [1.54, 1.807) is 20.8 Å². The maximum absolute atomic E-state index is 12.7. The summed E-state index contributed by atoms with van der Waals surface area (Å²) in [5, 5.41) is 0. The molecule has 1 aromatic carbocycles. The van der Waals surface area contributed by atoms with Crippen LogP contribution in [-0.2, 0) is 4.79 Å². The zero-order valence-corrected chi connectivity index (χ0v) is 12.7. The molecule has 0 radical (unpaired) electrons. The summed E-state index contributed by atoms with van der Waals surface area (Å²) >= 11 is 0. The molecule has 0 saturated carbocycles. The molecule has 7 heteroatoms. The number of rotatable bonds is 5. The van der Waals surface area contributed by atoms with E-state index in [0.717, 1.165) is 17.0 Å². The molecule has 0 saturated heterocycles. The van der Waals surface area contributed by atoms with Gasteiger partial charge in [-0.3, -0.25) is 4.79 Å². The van der Waals surface area contributed by atoms with Gasteiger partial charge in [0.1, 0.15) is 18.1 Å². The summed E-state index contributed by atoms with van der Waals surface area (Å²) in [6.07, 6.45) is -4.48. The summed E-state index contributed by atoms with van der Waals surface area (Å²) in [6, 6.07) is 4.89. The van der Waals surface area contributed by atoms with Crippen LogP contribution in [0.4, 0.5) is 17.6 Å². The van der Waals surface area contributed by atoms with Crippen molar-refractivity contribution in [2.75, 3.05) is 19.7 Å². The molecule has 0 fully saturated rings. The van der Waals surface area contributed by atoms with Crippen LogP contribution in [0, 0.1) is 11.2 Å². The molecule has 0 unspecified atom stereocenters. The SMILES string of the molecule is CC(C)(C)CN(CC(F)(F)F)C(=O)COc1ccc(F)cc1. The van der Waals surface area contributed by atoms with E-state index in [1.807, 2.05) is 0 Å². The number of ether oxygens (including phenoxy) is 1. The Morgan fingerprint density at radius 1 is 1.09 bits per heavy atom. The molecule has 0 bridgehead atoms. The van der Waals surface area contributed by atoms with Crippen molar-refractivity contribution in [2.45, 2.75) is 26.9 Å². The molecule has 0 aliphatic carbocycles. The van der Waals surface area contributed by atoms with Crippen LogP contribution in [0.1, 0.15) is 20.8 Å². The minimum atomic E-state index is -4.48. The quantitative estimate of drug-likeness (QED) is 0.775. The zero-order valence-electron chi connectivity index (χ0n) is 12.7. The van der Waals surface area contributed by atoms with Crippen molar-refractivity contribution < 1.29 is 27.1 Å². The normalized spacial score (nSPS) is 12.1. The first kappa shape index (κ1) is 18.3. The van der Waals surface area contributed by atoms with Crippen LogP contribution < -0.4 is 4.74 Å². The van der Waals surface area contributed by atoms with Crippen LogP contribution >= 0.6 is 0 Å². The summed E-state index contributed by atoms with van der Waals surface area (Å²) in [6.45, 7) is 3.32. The van der Waals surface area contributed by atoms with Gasteiger partial charge in [-0.05, 0) is 29.7 Å². The second-order valence-electron chi connectivity index (χ2n) is 6.17. The van der Waals surface area contributed by atoms with Gasteiger partial charge < -0.3 is 9.64 Å². The molecule has 1 aromatic rings. The van der Waals surface area contributed by atoms with Crippen molar-refractivity contribution in [1.82, 2.24) is 4.90 Å². The van der Waals surface area contributed by atoms with Gasteiger partial charge in [0.05, 0.1) is 0 Å². The monoisotopic (exact) mass is 321 g/mol. The molecule has 3 nitrogen and oxygen atoms in total. The predicted octanol–water partition coefficient (Wildman–Crippen LogP) is 3.64. The van der Waals surface area contributed by atoms with E-state index in [0.29, 0.717) is 0 Å². The van der Waals surface area contributed by atoms with Crippen molar-refractivity contribution in [3.8, 4) is 5.75 Å². The second-order valence-corrected chi connectivity index (χ2v) is 6.17. The highest BCUT2D eigenvalue weighted by Crippen LogP contribution is 2.21. The summed E-state index contributed by atoms with van der Waals surface area (Å²) in [5.74, 6) is -1.01. The highest BCUT2D eigenvalue weighted by atomic mass is 19.4. The van der Waals surface area contributed by atoms with Gasteiger partial charge in [-0.25, -0.2) is 4.39 Å². The fourth-order valence-electron chi connectivity index (χ4n) is 1.79. The number of hydrogen-bond donors (Lipinski definition) is 0. The third-order valence-electron chi connectivity index (χ3n) is 2.56. The molecule has 0 aromatic heterocycles. The Bertz CT molecular complexity index is 476. The second kappa shape index (κ2) is 6.98. The number of carbonyl (C=O) groups excluding carboxylic acids is 1. The highest BCUT2D eigenvalue weighted by molar-refractivity contribution is 5.77. The molecule has 124 valence electrons. The van der Waals surface area contributed by atoms with Crippen molar-refractivity contribution in [2.24, 2.45) is 5.41 Å². The van der Waals surface area contributed by atoms with E-state index in [4.69, 9.17) is 4.74 Å². The minimum Gasteiger partial charge on any atom is -0.484 e. The van der Waals surface area contributed by atoms with Crippen molar-refractivity contribution >= 4 is 5.91 Å². The number of hydrogen-bond acceptors (Lipinski definition) is 2. The molecule has 22 heavy (non-hydrogen) atoms. The lowest BCUT2D eigenvalue weighted by Gasteiger charge is -2.30. The topological polar surface area (TPSA) is 29.5 Å². The first-order chi connectivity index (χ1) is 9.96. The summed E-state index contributed by atoms with van der Waals surface area (Å²) in [5.41, 5.74) is -0.475. The van der Waals surface area contributed by atoms with Gasteiger partial charge >= 0.3 is 6.18 Å². The van der Waals surface area contributed by atoms with Gasteiger partial charge in [0.25, 0.3) is 5.91 Å². The first-order valence-corrected chi connectivity index (χ1v) is 6.69. The standard InChI is InChI=1S/C15H19F4NO2/c1-14(2,3)9-20(10-15(17,18)19)13(21)8-22-12-6-4-11(16)5-7-12/h4-7H,8-10H2,1-3H3. The van der Waals surface area contributed by atoms with E-state index in [-0.39, 0.29) is 12.3 Å². The van der Waals surface area contributed by atoms with Gasteiger partial charge in [0, 0.05) is 6.54 Å². The Hall–Kier alpha value is -1.79. The average molecular weight is 321 g/mol. The van der Waals surface area contributed by atoms with Gasteiger partial charge in [-0.2, -0.15) is 13.2 Å². The Morgan fingerprint density at radius 3 is 2.09 bits per heavy atom. The number of halogens is 4. The fourth-order valence-corrected chi connectivity index (χ4v) is 1.79. The van der Waals surface area contributed by atoms with E-state index >= 15 is 0 Å². The average Bonchev–Trinajstić information content (AvgIpc) is 2.33. The molecular formula is C15H19F4NO2. The summed E-state index contributed by atoms with van der Waals surface area (Å²) in [7, 11) is 0. The Balaban J connectivity index is 2.68. The third-order valence-corrected chi connectivity index (χ3v) is 2.56. The van der Waals surface area contributed by atoms with E-state index in [9.17, 15) is 22.4 Å². The lowest BCUT2D eigenvalue weighted by atomic mass is 9.96. The van der Waals surface area contributed by atoms with E-state index < -0.39 is 36.5 Å². The Labute approximate surface area is 126 Å². The summed E-state index contributed by atoms with van der Waals surface area (Å²) < 4.78 is 55.6. The van der Waals surface area contributed by atoms with Crippen molar-refractivity contribution in [3.63, 3.8) is 0 Å². The Morgan fingerprint density at radius 2 is 1.64 bits per heavy atom. The van der Waals surface area contributed by atoms with E-state index in [2.05, 4.69) is 0 Å². The molecule has 0 aliphatic rings. The van der Waals surface area contributed by atoms with Crippen LogP contribution in [0.3, 0.4) is 0 Å². The summed E-state index contributed by atoms with van der Waals surface area (Å²) in [4.78, 5) is 12.7. The zero-order chi connectivity index (χ0) is 17.0. The number of carbonyl (C=O) groups is 1. The smallest absolute Gasteiger partial charge is 0.406 e. The van der Waals surface area contributed by atoms with Crippen LogP contribution in [0.5, 0.6) is 5.75 Å². The molecule has 0 spiro atoms. The third kappa shape index (κ3) is 7.28. The molecule has 0 N–H and O–H groups in total. The largest absolute Gasteiger partial charge is 0.484 e. The van der Waals surface area contributed by atoms with Crippen LogP contribution in [-0.4, -0.2) is 36.7 Å². The van der Waals surface area contributed by atoms with Crippen LogP contribution in [0.25, 0.3) is 0 Å². The Kier molecular flexibility index (Phi) is 5.79. The molecule has 1 amide bonds. The van der Waals surface area contributed by atoms with Crippen molar-refractivity contribution in [1.29, 1.82) is 0 Å². The minimum absolute atomic E-state index is 0.0435. The number of amides is 1. The van der Waals surface area contributed by atoms with Crippen molar-refractivity contribution in [3.05, 3.63) is 30.1 Å². The van der Waals surface area contributed by atoms with Gasteiger partial charge in [0.2, 0.25) is 0 Å². The number of nitrogens with zero attached hydrogens (tertiary/aromatic N) is 1. The van der Waals surface area contributed by atoms with E-state index in [1.165, 1.54) is 12.1 Å². The number of benzene rings is 1. The maximum atomic E-state index is 12.7. The molecule has 0 heterocycles. The number of alkyl halides is 3. The van der Waals surface area contributed by atoms with Crippen LogP contribution in [0.15, 0.2) is 24.3 Å². The van der Waals surface area contributed by atoms with Crippen LogP contribution in [0.2, 0.25) is 0 Å². The highest BCUT2D eigenvalue weighted by Gasteiger charge is 2.34. The fraction of sp³-hybridized carbons (Fsp3) is 0.533. The molecule has 1 rings (SSSR count).